The van der Waals surface area contributed by atoms with E-state index in [-0.39, 0.29) is 0 Å². The van der Waals surface area contributed by atoms with E-state index >= 15 is 0 Å². The van der Waals surface area contributed by atoms with Crippen molar-refractivity contribution < 1.29 is 8.63 Å². The average Bonchev–Trinajstić information content (AvgIpc) is 2.59. The van der Waals surface area contributed by atoms with Crippen LogP contribution in [-0.4, -0.2) is 14.9 Å². The molecular formula is C10H12N2O2S. The molecule has 0 aliphatic rings. The number of aromatic nitrogens is 1. The van der Waals surface area contributed by atoms with Crippen molar-refractivity contribution in [1.82, 2.24) is 4.98 Å². The molecule has 0 saturated carbocycles. The maximum absolute atomic E-state index is 11.3. The van der Waals surface area contributed by atoms with E-state index in [4.69, 9.17) is 10.2 Å². The topological polar surface area (TPSA) is 69.1 Å². The van der Waals surface area contributed by atoms with Crippen molar-refractivity contribution in [3.8, 4) is 0 Å². The number of hydrogen-bond acceptors (Lipinski definition) is 4. The first-order chi connectivity index (χ1) is 7.19. The standard InChI is InChI=1S/C10H12N2O2S/c1-2-15(13)6-10-12-8-4-3-7(11)5-9(8)14-10/h3-5H,2,6,11H2,1H3. The van der Waals surface area contributed by atoms with Gasteiger partial charge in [-0.15, -0.1) is 0 Å². The molecule has 0 bridgehead atoms. The first kappa shape index (κ1) is 10.2. The highest BCUT2D eigenvalue weighted by molar-refractivity contribution is 7.84. The molecule has 15 heavy (non-hydrogen) atoms. The molecule has 0 amide bonds. The molecule has 0 aliphatic carbocycles. The molecule has 80 valence electrons. The summed E-state index contributed by atoms with van der Waals surface area (Å²) in [5, 5.41) is 0. The van der Waals surface area contributed by atoms with Crippen LogP contribution in [0.25, 0.3) is 11.1 Å². The Morgan fingerprint density at radius 3 is 3.07 bits per heavy atom. The van der Waals surface area contributed by atoms with Crippen molar-refractivity contribution in [2.45, 2.75) is 12.7 Å². The van der Waals surface area contributed by atoms with Crippen molar-refractivity contribution in [2.75, 3.05) is 11.5 Å². The molecule has 1 aromatic carbocycles. The summed E-state index contributed by atoms with van der Waals surface area (Å²) in [5.41, 5.74) is 7.66. The predicted octanol–water partition coefficient (Wildman–Crippen LogP) is 1.68. The number of nitrogens with zero attached hydrogens (tertiary/aromatic N) is 1. The van der Waals surface area contributed by atoms with Gasteiger partial charge in [-0.25, -0.2) is 4.98 Å². The van der Waals surface area contributed by atoms with Crippen molar-refractivity contribution in [3.63, 3.8) is 0 Å². The van der Waals surface area contributed by atoms with Gasteiger partial charge in [0, 0.05) is 28.3 Å². The van der Waals surface area contributed by atoms with E-state index in [1.54, 1.807) is 18.2 Å². The number of nitrogen functional groups attached to an aromatic ring is 1. The maximum atomic E-state index is 11.3. The number of hydrogen-bond donors (Lipinski definition) is 1. The van der Waals surface area contributed by atoms with Gasteiger partial charge in [0.15, 0.2) is 5.58 Å². The number of fused-ring (bicyclic) bond motifs is 1. The van der Waals surface area contributed by atoms with Crippen LogP contribution >= 0.6 is 0 Å². The molecule has 0 radical (unpaired) electrons. The molecule has 1 aromatic heterocycles. The molecule has 1 atom stereocenters. The van der Waals surface area contributed by atoms with Crippen molar-refractivity contribution in [1.29, 1.82) is 0 Å². The van der Waals surface area contributed by atoms with Gasteiger partial charge in [-0.2, -0.15) is 0 Å². The van der Waals surface area contributed by atoms with Crippen LogP contribution in [-0.2, 0) is 16.6 Å². The van der Waals surface area contributed by atoms with E-state index in [1.807, 2.05) is 6.92 Å². The zero-order valence-electron chi connectivity index (χ0n) is 8.40. The summed E-state index contributed by atoms with van der Waals surface area (Å²) >= 11 is 0. The predicted molar refractivity (Wildman–Crippen MR) is 60.8 cm³/mol. The second-order valence-corrected chi connectivity index (χ2v) is 4.95. The molecule has 0 aliphatic heterocycles. The molecule has 2 N–H and O–H groups in total. The van der Waals surface area contributed by atoms with Crippen LogP contribution < -0.4 is 5.73 Å². The normalized spacial score (nSPS) is 13.1. The Morgan fingerprint density at radius 2 is 2.33 bits per heavy atom. The molecule has 1 heterocycles. The smallest absolute Gasteiger partial charge is 0.208 e. The van der Waals surface area contributed by atoms with Gasteiger partial charge in [0.1, 0.15) is 11.3 Å². The Kier molecular flexibility index (Phi) is 2.73. The lowest BCUT2D eigenvalue weighted by Crippen LogP contribution is -1.97. The van der Waals surface area contributed by atoms with E-state index in [0.29, 0.717) is 28.7 Å². The summed E-state index contributed by atoms with van der Waals surface area (Å²) in [6.45, 7) is 1.87. The number of nitrogens with two attached hydrogens (primary N) is 1. The van der Waals surface area contributed by atoms with Crippen LogP contribution in [0.5, 0.6) is 0 Å². The molecule has 2 rings (SSSR count). The maximum Gasteiger partial charge on any atom is 0.208 e. The third-order valence-electron chi connectivity index (χ3n) is 2.06. The van der Waals surface area contributed by atoms with Crippen molar-refractivity contribution in [3.05, 3.63) is 24.1 Å². The highest BCUT2D eigenvalue weighted by Crippen LogP contribution is 2.19. The summed E-state index contributed by atoms with van der Waals surface area (Å²) in [6.07, 6.45) is 0. The molecule has 0 fully saturated rings. The lowest BCUT2D eigenvalue weighted by Gasteiger charge is -1.91. The molecule has 2 aromatic rings. The molecule has 1 unspecified atom stereocenters. The molecule has 5 heteroatoms. The first-order valence-electron chi connectivity index (χ1n) is 4.69. The monoisotopic (exact) mass is 224 g/mol. The van der Waals surface area contributed by atoms with E-state index in [0.717, 1.165) is 5.52 Å². The van der Waals surface area contributed by atoms with Gasteiger partial charge in [0.2, 0.25) is 5.89 Å². The van der Waals surface area contributed by atoms with Gasteiger partial charge in [-0.1, -0.05) is 6.92 Å². The molecule has 4 nitrogen and oxygen atoms in total. The van der Waals surface area contributed by atoms with E-state index < -0.39 is 10.8 Å². The van der Waals surface area contributed by atoms with Gasteiger partial charge in [-0.05, 0) is 12.1 Å². The summed E-state index contributed by atoms with van der Waals surface area (Å²) in [6, 6.07) is 5.29. The Balaban J connectivity index is 2.34. The number of benzene rings is 1. The Labute approximate surface area is 89.9 Å². The fourth-order valence-corrected chi connectivity index (χ4v) is 1.89. The number of oxazole rings is 1. The minimum atomic E-state index is -0.897. The van der Waals surface area contributed by atoms with Gasteiger partial charge >= 0.3 is 0 Å². The number of rotatable bonds is 3. The van der Waals surface area contributed by atoms with Gasteiger partial charge < -0.3 is 10.2 Å². The van der Waals surface area contributed by atoms with Crippen LogP contribution in [0.3, 0.4) is 0 Å². The SMILES string of the molecule is CCS(=O)Cc1nc2ccc(N)cc2o1. The lowest BCUT2D eigenvalue weighted by atomic mass is 10.3. The minimum absolute atomic E-state index is 0.366. The highest BCUT2D eigenvalue weighted by Gasteiger charge is 2.08. The van der Waals surface area contributed by atoms with E-state index in [1.165, 1.54) is 0 Å². The first-order valence-corrected chi connectivity index (χ1v) is 6.17. The second-order valence-electron chi connectivity index (χ2n) is 3.21. The number of anilines is 1. The van der Waals surface area contributed by atoms with Crippen LogP contribution in [0.15, 0.2) is 22.6 Å². The summed E-state index contributed by atoms with van der Waals surface area (Å²) in [4.78, 5) is 4.23. The summed E-state index contributed by atoms with van der Waals surface area (Å²) in [5.74, 6) is 1.49. The van der Waals surface area contributed by atoms with Crippen molar-refractivity contribution >= 4 is 27.6 Å². The zero-order chi connectivity index (χ0) is 10.8. The Bertz CT molecular complexity index is 507. The van der Waals surface area contributed by atoms with Crippen LogP contribution in [0.2, 0.25) is 0 Å². The molecule has 0 saturated heterocycles. The van der Waals surface area contributed by atoms with Gasteiger partial charge in [-0.3, -0.25) is 4.21 Å². The van der Waals surface area contributed by atoms with Gasteiger partial charge in [0.25, 0.3) is 0 Å². The van der Waals surface area contributed by atoms with E-state index in [9.17, 15) is 4.21 Å². The second kappa shape index (κ2) is 4.02. The fraction of sp³-hybridized carbons (Fsp3) is 0.300. The van der Waals surface area contributed by atoms with Crippen molar-refractivity contribution in [2.24, 2.45) is 0 Å². The highest BCUT2D eigenvalue weighted by atomic mass is 32.2. The summed E-state index contributed by atoms with van der Waals surface area (Å²) in [7, 11) is -0.897. The Morgan fingerprint density at radius 1 is 1.53 bits per heavy atom. The largest absolute Gasteiger partial charge is 0.440 e. The third-order valence-corrected chi connectivity index (χ3v) is 3.28. The van der Waals surface area contributed by atoms with E-state index in [2.05, 4.69) is 4.98 Å². The Hall–Kier alpha value is -1.36. The third kappa shape index (κ3) is 2.18. The minimum Gasteiger partial charge on any atom is -0.440 e. The van der Waals surface area contributed by atoms with Gasteiger partial charge in [0.05, 0.1) is 0 Å². The quantitative estimate of drug-likeness (QED) is 0.805. The molecule has 0 spiro atoms. The van der Waals surface area contributed by atoms with Crippen LogP contribution in [0.4, 0.5) is 5.69 Å². The fourth-order valence-electron chi connectivity index (χ4n) is 1.29. The lowest BCUT2D eigenvalue weighted by molar-refractivity contribution is 0.552. The summed E-state index contributed by atoms with van der Waals surface area (Å²) < 4.78 is 16.7. The molecular weight excluding hydrogens is 212 g/mol. The average molecular weight is 224 g/mol. The van der Waals surface area contributed by atoms with Crippen LogP contribution in [0.1, 0.15) is 12.8 Å². The zero-order valence-corrected chi connectivity index (χ0v) is 9.21. The van der Waals surface area contributed by atoms with Crippen LogP contribution in [0, 0.1) is 0 Å².